The van der Waals surface area contributed by atoms with Gasteiger partial charge in [0.25, 0.3) is 0 Å². The van der Waals surface area contributed by atoms with E-state index >= 15 is 0 Å². The molecule has 0 unspecified atom stereocenters. The number of fused-ring (bicyclic) bond motifs is 1. The third-order valence-corrected chi connectivity index (χ3v) is 4.67. The van der Waals surface area contributed by atoms with Gasteiger partial charge in [-0.1, -0.05) is 19.4 Å². The minimum absolute atomic E-state index is 0.529. The third kappa shape index (κ3) is 2.44. The first-order chi connectivity index (χ1) is 7.20. The molecule has 0 bridgehead atoms. The number of hydrogen-bond acceptors (Lipinski definition) is 2. The molecule has 0 spiro atoms. The zero-order chi connectivity index (χ0) is 10.8. The smallest absolute Gasteiger partial charge is 0.0456 e. The van der Waals surface area contributed by atoms with E-state index in [0.717, 1.165) is 0 Å². The molecule has 0 N–H and O–H groups in total. The van der Waals surface area contributed by atoms with Crippen molar-refractivity contribution in [3.63, 3.8) is 0 Å². The van der Waals surface area contributed by atoms with Crippen LogP contribution in [-0.4, -0.2) is 5.88 Å². The van der Waals surface area contributed by atoms with Crippen LogP contribution < -0.4 is 0 Å². The second-order valence-corrected chi connectivity index (χ2v) is 5.97. The van der Waals surface area contributed by atoms with Crippen LogP contribution in [0.25, 0.3) is 16.2 Å². The van der Waals surface area contributed by atoms with Gasteiger partial charge in [0, 0.05) is 26.2 Å². The van der Waals surface area contributed by atoms with Crippen LogP contribution in [0.15, 0.2) is 22.4 Å². The van der Waals surface area contributed by atoms with Gasteiger partial charge in [0.1, 0.15) is 0 Å². The maximum absolute atomic E-state index is 5.92. The van der Waals surface area contributed by atoms with Crippen molar-refractivity contribution in [2.24, 2.45) is 5.92 Å². The molecule has 0 radical (unpaired) electrons. The number of thiophene rings is 2. The molecule has 0 saturated carbocycles. The van der Waals surface area contributed by atoms with Crippen molar-refractivity contribution in [1.29, 1.82) is 0 Å². The van der Waals surface area contributed by atoms with Gasteiger partial charge >= 0.3 is 0 Å². The van der Waals surface area contributed by atoms with Crippen molar-refractivity contribution < 1.29 is 0 Å². The van der Waals surface area contributed by atoms with Gasteiger partial charge in [0.2, 0.25) is 0 Å². The average Bonchev–Trinajstić information content (AvgIpc) is 2.72. The van der Waals surface area contributed by atoms with E-state index in [4.69, 9.17) is 11.6 Å². The predicted molar refractivity (Wildman–Crippen MR) is 73.2 cm³/mol. The summed E-state index contributed by atoms with van der Waals surface area (Å²) in [5.41, 5.74) is 1.31. The van der Waals surface area contributed by atoms with Gasteiger partial charge in [-0.15, -0.1) is 22.9 Å². The summed E-state index contributed by atoms with van der Waals surface area (Å²) in [4.78, 5) is 1.32. The first kappa shape index (κ1) is 11.2. The van der Waals surface area contributed by atoms with Crippen molar-refractivity contribution >= 4 is 50.4 Å². The molecule has 80 valence electrons. The van der Waals surface area contributed by atoms with Crippen molar-refractivity contribution in [2.45, 2.75) is 13.8 Å². The van der Waals surface area contributed by atoms with Gasteiger partial charge in [0.05, 0.1) is 0 Å². The van der Waals surface area contributed by atoms with E-state index in [9.17, 15) is 0 Å². The lowest BCUT2D eigenvalue weighted by Crippen LogP contribution is -1.94. The van der Waals surface area contributed by atoms with E-state index in [1.165, 1.54) is 20.5 Å². The Kier molecular flexibility index (Phi) is 3.49. The number of alkyl halides is 1. The summed E-state index contributed by atoms with van der Waals surface area (Å²) in [7, 11) is 0. The lowest BCUT2D eigenvalue weighted by Gasteiger charge is -2.06. The van der Waals surface area contributed by atoms with Crippen LogP contribution in [0.2, 0.25) is 0 Å². The first-order valence-corrected chi connectivity index (χ1v) is 7.22. The largest absolute Gasteiger partial charge is 0.150 e. The van der Waals surface area contributed by atoms with Crippen LogP contribution >= 0.6 is 34.3 Å². The minimum atomic E-state index is 0.529. The minimum Gasteiger partial charge on any atom is -0.150 e. The molecule has 0 aliphatic carbocycles. The molecule has 3 heteroatoms. The molecule has 0 aromatic carbocycles. The Bertz CT molecular complexity index is 448. The Hall–Kier alpha value is -0.310. The molecule has 15 heavy (non-hydrogen) atoms. The number of hydrogen-bond donors (Lipinski definition) is 0. The Balaban J connectivity index is 2.35. The van der Waals surface area contributed by atoms with Gasteiger partial charge in [0.15, 0.2) is 0 Å². The summed E-state index contributed by atoms with van der Waals surface area (Å²) in [6.45, 7) is 4.37. The van der Waals surface area contributed by atoms with Crippen molar-refractivity contribution in [1.82, 2.24) is 0 Å². The van der Waals surface area contributed by atoms with Crippen LogP contribution in [0.4, 0.5) is 0 Å². The lowest BCUT2D eigenvalue weighted by molar-refractivity contribution is 0.778. The molecule has 2 aromatic rings. The fourth-order valence-corrected chi connectivity index (χ4v) is 3.78. The highest BCUT2D eigenvalue weighted by Gasteiger charge is 2.04. The van der Waals surface area contributed by atoms with E-state index in [1.807, 2.05) is 11.3 Å². The SMILES string of the molecule is CC(C)/C(=C/c1cc2cscc2s1)CCl. The second kappa shape index (κ2) is 4.69. The third-order valence-electron chi connectivity index (χ3n) is 2.40. The highest BCUT2D eigenvalue weighted by Crippen LogP contribution is 2.31. The molecule has 2 heterocycles. The molecule has 0 nitrogen and oxygen atoms in total. The molecule has 0 saturated heterocycles. The summed E-state index contributed by atoms with van der Waals surface area (Å²) in [5.74, 6) is 1.16. The second-order valence-electron chi connectivity index (χ2n) is 3.85. The van der Waals surface area contributed by atoms with E-state index in [1.54, 1.807) is 11.3 Å². The summed E-state index contributed by atoms with van der Waals surface area (Å²) < 4.78 is 1.38. The summed E-state index contributed by atoms with van der Waals surface area (Å²) in [6.07, 6.45) is 2.23. The lowest BCUT2D eigenvalue weighted by atomic mass is 10.0. The molecule has 0 atom stereocenters. The predicted octanol–water partition coefficient (Wildman–Crippen LogP) is 5.24. The fourth-order valence-electron chi connectivity index (χ4n) is 1.41. The molecule has 0 aliphatic heterocycles. The van der Waals surface area contributed by atoms with Gasteiger partial charge in [-0.2, -0.15) is 11.3 Å². The van der Waals surface area contributed by atoms with Gasteiger partial charge in [-0.05, 0) is 23.4 Å². The Labute approximate surface area is 103 Å². The summed E-state index contributed by atoms with van der Waals surface area (Å²) in [5, 5.41) is 5.75. The highest BCUT2D eigenvalue weighted by atomic mass is 35.5. The van der Waals surface area contributed by atoms with E-state index in [-0.39, 0.29) is 0 Å². The number of halogens is 1. The maximum atomic E-state index is 5.92. The molecule has 2 aromatic heterocycles. The van der Waals surface area contributed by atoms with Crippen molar-refractivity contribution in [2.75, 3.05) is 5.88 Å². The molecular weight excluding hydrogens is 244 g/mol. The highest BCUT2D eigenvalue weighted by molar-refractivity contribution is 7.23. The molecule has 0 amide bonds. The standard InChI is InChI=1S/C12H13ClS2/c1-8(2)9(5-13)3-11-4-10-6-14-7-12(10)15-11/h3-4,6-8H,5H2,1-2H3/b9-3+. The van der Waals surface area contributed by atoms with Crippen LogP contribution in [0, 0.1) is 5.92 Å². The summed E-state index contributed by atoms with van der Waals surface area (Å²) in [6, 6.07) is 2.24. The number of rotatable bonds is 3. The number of allylic oxidation sites excluding steroid dienone is 1. The Morgan fingerprint density at radius 3 is 2.87 bits per heavy atom. The van der Waals surface area contributed by atoms with Crippen molar-refractivity contribution in [3.8, 4) is 0 Å². The molecule has 0 fully saturated rings. The molecular formula is C12H13ClS2. The zero-order valence-corrected chi connectivity index (χ0v) is 11.2. The fraction of sp³-hybridized carbons (Fsp3) is 0.333. The quantitative estimate of drug-likeness (QED) is 0.659. The van der Waals surface area contributed by atoms with Gasteiger partial charge in [-0.3, -0.25) is 0 Å². The Morgan fingerprint density at radius 2 is 2.27 bits per heavy atom. The zero-order valence-electron chi connectivity index (χ0n) is 8.79. The van der Waals surface area contributed by atoms with Crippen LogP contribution in [0.1, 0.15) is 18.7 Å². The summed E-state index contributed by atoms with van der Waals surface area (Å²) >= 11 is 9.53. The van der Waals surface area contributed by atoms with Crippen LogP contribution in [-0.2, 0) is 0 Å². The molecule has 0 aliphatic rings. The first-order valence-electron chi connectivity index (χ1n) is 4.93. The van der Waals surface area contributed by atoms with E-state index in [0.29, 0.717) is 11.8 Å². The van der Waals surface area contributed by atoms with E-state index < -0.39 is 0 Å². The maximum Gasteiger partial charge on any atom is 0.0456 e. The average molecular weight is 257 g/mol. The van der Waals surface area contributed by atoms with Crippen LogP contribution in [0.3, 0.4) is 0 Å². The van der Waals surface area contributed by atoms with Gasteiger partial charge < -0.3 is 0 Å². The van der Waals surface area contributed by atoms with Crippen LogP contribution in [0.5, 0.6) is 0 Å². The Morgan fingerprint density at radius 1 is 1.47 bits per heavy atom. The van der Waals surface area contributed by atoms with E-state index in [2.05, 4.69) is 36.7 Å². The monoisotopic (exact) mass is 256 g/mol. The molecule has 2 rings (SSSR count). The topological polar surface area (TPSA) is 0 Å². The van der Waals surface area contributed by atoms with Gasteiger partial charge in [-0.25, -0.2) is 0 Å². The normalized spacial score (nSPS) is 12.9. The van der Waals surface area contributed by atoms with Crippen molar-refractivity contribution in [3.05, 3.63) is 27.3 Å².